The molecule has 7 N–H and O–H groups in total. The van der Waals surface area contributed by atoms with Gasteiger partial charge in [-0.1, -0.05) is 64.7 Å². The van der Waals surface area contributed by atoms with Crippen LogP contribution in [0.5, 0.6) is 0 Å². The summed E-state index contributed by atoms with van der Waals surface area (Å²) in [5, 5.41) is 51.0. The van der Waals surface area contributed by atoms with Gasteiger partial charge in [-0.05, 0) is 25.9 Å². The van der Waals surface area contributed by atoms with Gasteiger partial charge in [0.05, 0.1) is 6.61 Å². The smallest absolute Gasteiger partial charge is 0.194 e. The molecule has 9 nitrogen and oxygen atoms in total. The highest BCUT2D eigenvalue weighted by molar-refractivity contribution is 5.87. The standard InChI is InChI=1S/C22H46N2O7/c1-3-4-5-6-7-8-9-10-11-12-14-24-15-13-18(31-23-2)20(28)22(30)21(29)19(27)17(26)16-25/h17-19,21-27,29-30H,3-16H2,1-2H3/t17-,18?,19-,21+,22+/m1/s1. The van der Waals surface area contributed by atoms with Crippen molar-refractivity contribution in [3.05, 3.63) is 0 Å². The van der Waals surface area contributed by atoms with Gasteiger partial charge in [-0.3, -0.25) is 9.63 Å². The highest BCUT2D eigenvalue weighted by atomic mass is 16.7. The normalized spacial score (nSPS) is 16.6. The maximum atomic E-state index is 12.4. The SMILES string of the molecule is CCCCCCCCCCCCNCCC(ONC)C(=O)[C@H](O)[C@@H](O)[C@H](O)[C@H](O)CO. The summed E-state index contributed by atoms with van der Waals surface area (Å²) in [6, 6.07) is 0. The molecule has 0 aliphatic heterocycles. The van der Waals surface area contributed by atoms with Gasteiger partial charge in [0.2, 0.25) is 0 Å². The number of carbonyl (C=O) groups excluding carboxylic acids is 1. The molecule has 0 radical (unpaired) electrons. The van der Waals surface area contributed by atoms with E-state index in [0.29, 0.717) is 6.54 Å². The fourth-order valence-corrected chi connectivity index (χ4v) is 3.38. The van der Waals surface area contributed by atoms with Crippen molar-refractivity contribution in [2.24, 2.45) is 0 Å². The Morgan fingerprint density at radius 1 is 0.839 bits per heavy atom. The van der Waals surface area contributed by atoms with Crippen LogP contribution in [0.4, 0.5) is 0 Å². The van der Waals surface area contributed by atoms with Crippen LogP contribution in [0.15, 0.2) is 0 Å². The number of rotatable bonds is 22. The van der Waals surface area contributed by atoms with Crippen molar-refractivity contribution in [2.75, 3.05) is 26.7 Å². The highest BCUT2D eigenvalue weighted by Crippen LogP contribution is 2.12. The van der Waals surface area contributed by atoms with Gasteiger partial charge in [0.15, 0.2) is 5.78 Å². The largest absolute Gasteiger partial charge is 0.394 e. The summed E-state index contributed by atoms with van der Waals surface area (Å²) >= 11 is 0. The molecule has 9 heteroatoms. The molecule has 31 heavy (non-hydrogen) atoms. The quantitative estimate of drug-likeness (QED) is 0.0918. The Bertz CT molecular complexity index is 429. The fraction of sp³-hybridized carbons (Fsp3) is 0.955. The second-order valence-corrected chi connectivity index (χ2v) is 8.11. The molecule has 0 aromatic heterocycles. The maximum Gasteiger partial charge on any atom is 0.194 e. The van der Waals surface area contributed by atoms with Crippen molar-refractivity contribution >= 4 is 5.78 Å². The third-order valence-electron chi connectivity index (χ3n) is 5.41. The van der Waals surface area contributed by atoms with E-state index in [9.17, 15) is 25.2 Å². The first-order chi connectivity index (χ1) is 14.9. The van der Waals surface area contributed by atoms with Crippen molar-refractivity contribution in [3.63, 3.8) is 0 Å². The molecule has 1 unspecified atom stereocenters. The van der Waals surface area contributed by atoms with Gasteiger partial charge in [-0.15, -0.1) is 0 Å². The topological polar surface area (TPSA) is 152 Å². The van der Waals surface area contributed by atoms with E-state index in [1.807, 2.05) is 0 Å². The van der Waals surface area contributed by atoms with Crippen molar-refractivity contribution in [3.8, 4) is 0 Å². The Balaban J connectivity index is 4.01. The number of hydrogen-bond acceptors (Lipinski definition) is 9. The van der Waals surface area contributed by atoms with Crippen molar-refractivity contribution in [2.45, 2.75) is 108 Å². The molecule has 0 rings (SSSR count). The first-order valence-electron chi connectivity index (χ1n) is 11.8. The zero-order valence-corrected chi connectivity index (χ0v) is 19.3. The second kappa shape index (κ2) is 20.0. The lowest BCUT2D eigenvalue weighted by Gasteiger charge is -2.27. The Morgan fingerprint density at radius 3 is 1.90 bits per heavy atom. The van der Waals surface area contributed by atoms with Gasteiger partial charge < -0.3 is 30.8 Å². The fourth-order valence-electron chi connectivity index (χ4n) is 3.38. The molecule has 0 aliphatic rings. The van der Waals surface area contributed by atoms with Crippen molar-refractivity contribution < 1.29 is 35.2 Å². The molecule has 0 bridgehead atoms. The molecule has 5 atom stereocenters. The van der Waals surface area contributed by atoms with Crippen LogP contribution in [0.2, 0.25) is 0 Å². The minimum absolute atomic E-state index is 0.264. The number of nitrogens with one attached hydrogen (secondary N) is 2. The average Bonchev–Trinajstić information content (AvgIpc) is 2.78. The van der Waals surface area contributed by atoms with E-state index in [4.69, 9.17) is 9.94 Å². The van der Waals surface area contributed by atoms with Gasteiger partial charge in [-0.25, -0.2) is 5.48 Å². The van der Waals surface area contributed by atoms with E-state index in [1.54, 1.807) is 0 Å². The predicted octanol–water partition coefficient (Wildman–Crippen LogP) is 0.412. The van der Waals surface area contributed by atoms with Crippen molar-refractivity contribution in [1.82, 2.24) is 10.8 Å². The van der Waals surface area contributed by atoms with Crippen LogP contribution in [-0.2, 0) is 9.63 Å². The van der Waals surface area contributed by atoms with Gasteiger partial charge >= 0.3 is 0 Å². The molecule has 0 aliphatic carbocycles. The Kier molecular flexibility index (Phi) is 19.6. The summed E-state index contributed by atoms with van der Waals surface area (Å²) in [7, 11) is 1.48. The van der Waals surface area contributed by atoms with Crippen LogP contribution in [0.3, 0.4) is 0 Å². The Morgan fingerprint density at radius 2 is 1.39 bits per heavy atom. The Hall–Kier alpha value is -0.650. The van der Waals surface area contributed by atoms with Crippen molar-refractivity contribution in [1.29, 1.82) is 0 Å². The summed E-state index contributed by atoms with van der Waals surface area (Å²) in [5.41, 5.74) is 2.41. The lowest BCUT2D eigenvalue weighted by atomic mass is 9.96. The zero-order chi connectivity index (χ0) is 23.5. The summed E-state index contributed by atoms with van der Waals surface area (Å²) in [6.07, 6.45) is 4.49. The zero-order valence-electron chi connectivity index (χ0n) is 19.3. The molecule has 0 heterocycles. The number of carbonyl (C=O) groups is 1. The third-order valence-corrected chi connectivity index (χ3v) is 5.41. The van der Waals surface area contributed by atoms with Crippen LogP contribution in [0.25, 0.3) is 0 Å². The van der Waals surface area contributed by atoms with Crippen LogP contribution in [0.1, 0.15) is 77.6 Å². The van der Waals surface area contributed by atoms with E-state index < -0.39 is 42.9 Å². The number of hydroxylamine groups is 1. The molecule has 0 fully saturated rings. The molecule has 0 saturated carbocycles. The number of hydrogen-bond donors (Lipinski definition) is 7. The van der Waals surface area contributed by atoms with Crippen LogP contribution < -0.4 is 10.8 Å². The van der Waals surface area contributed by atoms with Crippen LogP contribution in [-0.4, -0.2) is 88.6 Å². The molecule has 186 valence electrons. The first kappa shape index (κ1) is 30.4. The van der Waals surface area contributed by atoms with Gasteiger partial charge in [0.25, 0.3) is 0 Å². The molecular weight excluding hydrogens is 404 g/mol. The minimum Gasteiger partial charge on any atom is -0.394 e. The minimum atomic E-state index is -1.95. The summed E-state index contributed by atoms with van der Waals surface area (Å²) < 4.78 is 0. The van der Waals surface area contributed by atoms with E-state index in [1.165, 1.54) is 58.4 Å². The number of ketones is 1. The first-order valence-corrected chi connectivity index (χ1v) is 11.8. The lowest BCUT2D eigenvalue weighted by Crippen LogP contribution is -2.52. The van der Waals surface area contributed by atoms with E-state index in [-0.39, 0.29) is 6.42 Å². The van der Waals surface area contributed by atoms with E-state index >= 15 is 0 Å². The van der Waals surface area contributed by atoms with Crippen LogP contribution >= 0.6 is 0 Å². The number of unbranched alkanes of at least 4 members (excludes halogenated alkanes) is 9. The average molecular weight is 451 g/mol. The van der Waals surface area contributed by atoms with Gasteiger partial charge in [0.1, 0.15) is 30.5 Å². The molecule has 0 amide bonds. The number of Topliss-reactive ketones (excluding diaryl/α,β-unsaturated/α-hetero) is 1. The molecule has 0 aromatic rings. The molecule has 0 saturated heterocycles. The summed E-state index contributed by atoms with van der Waals surface area (Å²) in [4.78, 5) is 17.5. The molecule has 0 spiro atoms. The van der Waals surface area contributed by atoms with Gasteiger partial charge in [0, 0.05) is 7.05 Å². The predicted molar refractivity (Wildman–Crippen MR) is 119 cm³/mol. The van der Waals surface area contributed by atoms with Crippen LogP contribution in [0, 0.1) is 0 Å². The lowest BCUT2D eigenvalue weighted by molar-refractivity contribution is -0.160. The second-order valence-electron chi connectivity index (χ2n) is 8.11. The highest BCUT2D eigenvalue weighted by Gasteiger charge is 2.37. The third kappa shape index (κ3) is 14.2. The number of aliphatic hydroxyl groups is 5. The Labute approximate surface area is 187 Å². The van der Waals surface area contributed by atoms with E-state index in [2.05, 4.69) is 17.7 Å². The summed E-state index contributed by atoms with van der Waals surface area (Å²) in [5.74, 6) is -0.813. The number of aliphatic hydroxyl groups excluding tert-OH is 5. The maximum absolute atomic E-state index is 12.4. The summed E-state index contributed by atoms with van der Waals surface area (Å²) in [6.45, 7) is 2.73. The molecule has 0 aromatic carbocycles. The van der Waals surface area contributed by atoms with Gasteiger partial charge in [-0.2, -0.15) is 0 Å². The molecular formula is C22H46N2O7. The monoisotopic (exact) mass is 450 g/mol. The van der Waals surface area contributed by atoms with E-state index in [0.717, 1.165) is 19.4 Å².